The predicted octanol–water partition coefficient (Wildman–Crippen LogP) is 2.22. The van der Waals surface area contributed by atoms with Crippen LogP contribution in [-0.4, -0.2) is 41.4 Å². The number of aliphatic carboxylic acids is 1. The van der Waals surface area contributed by atoms with Gasteiger partial charge < -0.3 is 19.4 Å². The van der Waals surface area contributed by atoms with E-state index in [1.807, 2.05) is 13.0 Å². The van der Waals surface area contributed by atoms with Crippen LogP contribution in [-0.2, 0) is 9.59 Å². The molecular formula is C18H20NO5S2-. The van der Waals surface area contributed by atoms with Gasteiger partial charge in [-0.1, -0.05) is 30.0 Å². The molecule has 1 aliphatic rings. The molecule has 0 bridgehead atoms. The Labute approximate surface area is 162 Å². The molecule has 0 atom stereocenters. The number of hydrogen-bond donors (Lipinski definition) is 0. The van der Waals surface area contributed by atoms with Crippen LogP contribution in [0.5, 0.6) is 11.5 Å². The van der Waals surface area contributed by atoms with Gasteiger partial charge in [-0.25, -0.2) is 0 Å². The van der Waals surface area contributed by atoms with Gasteiger partial charge in [-0.2, -0.15) is 0 Å². The summed E-state index contributed by atoms with van der Waals surface area (Å²) in [6.07, 6.45) is 2.76. The largest absolute Gasteiger partial charge is 0.550 e. The first-order valence-corrected chi connectivity index (χ1v) is 9.44. The third-order valence-electron chi connectivity index (χ3n) is 3.67. The van der Waals surface area contributed by atoms with Crippen molar-refractivity contribution in [3.63, 3.8) is 0 Å². The molecule has 1 aromatic rings. The van der Waals surface area contributed by atoms with Gasteiger partial charge >= 0.3 is 0 Å². The molecule has 0 aromatic heterocycles. The minimum absolute atomic E-state index is 0.0173. The molecule has 8 heteroatoms. The molecule has 6 nitrogen and oxygen atoms in total. The normalized spacial score (nSPS) is 15.6. The monoisotopic (exact) mass is 394 g/mol. The molecule has 0 radical (unpaired) electrons. The summed E-state index contributed by atoms with van der Waals surface area (Å²) in [5.74, 6) is -0.00740. The lowest BCUT2D eigenvalue weighted by molar-refractivity contribution is -0.305. The van der Waals surface area contributed by atoms with Crippen molar-refractivity contribution in [1.82, 2.24) is 4.90 Å². The van der Waals surface area contributed by atoms with Crippen LogP contribution >= 0.6 is 24.0 Å². The van der Waals surface area contributed by atoms with E-state index in [-0.39, 0.29) is 12.3 Å². The Morgan fingerprint density at radius 3 is 2.77 bits per heavy atom. The first-order valence-electron chi connectivity index (χ1n) is 8.22. The molecule has 140 valence electrons. The van der Waals surface area contributed by atoms with Crippen LogP contribution in [0.4, 0.5) is 0 Å². The summed E-state index contributed by atoms with van der Waals surface area (Å²) in [7, 11) is 1.56. The molecule has 0 N–H and O–H groups in total. The summed E-state index contributed by atoms with van der Waals surface area (Å²) in [6.45, 7) is 2.83. The molecule has 1 aromatic carbocycles. The second-order valence-corrected chi connectivity index (χ2v) is 7.18. The Morgan fingerprint density at radius 1 is 1.35 bits per heavy atom. The second kappa shape index (κ2) is 9.59. The van der Waals surface area contributed by atoms with Crippen molar-refractivity contribution < 1.29 is 24.2 Å². The summed E-state index contributed by atoms with van der Waals surface area (Å²) in [6, 6.07) is 5.45. The highest BCUT2D eigenvalue weighted by Crippen LogP contribution is 2.34. The van der Waals surface area contributed by atoms with Gasteiger partial charge in [0.1, 0.15) is 4.32 Å². The predicted molar refractivity (Wildman–Crippen MR) is 103 cm³/mol. The Balaban J connectivity index is 2.08. The van der Waals surface area contributed by atoms with E-state index in [0.717, 1.165) is 5.56 Å². The average molecular weight is 394 g/mol. The highest BCUT2D eigenvalue weighted by atomic mass is 32.2. The number of amides is 1. The zero-order valence-corrected chi connectivity index (χ0v) is 16.3. The van der Waals surface area contributed by atoms with E-state index in [2.05, 4.69) is 0 Å². The maximum atomic E-state index is 12.5. The number of methoxy groups -OCH3 is 1. The molecule has 1 saturated heterocycles. The zero-order valence-electron chi connectivity index (χ0n) is 14.6. The number of carboxylic acids is 1. The van der Waals surface area contributed by atoms with Crippen molar-refractivity contribution in [2.75, 3.05) is 20.3 Å². The zero-order chi connectivity index (χ0) is 19.1. The Kier molecular flexibility index (Phi) is 7.47. The van der Waals surface area contributed by atoms with Crippen molar-refractivity contribution in [2.45, 2.75) is 26.2 Å². The van der Waals surface area contributed by atoms with Gasteiger partial charge in [0, 0.05) is 12.5 Å². The van der Waals surface area contributed by atoms with E-state index < -0.39 is 5.97 Å². The number of ether oxygens (including phenoxy) is 2. The second-order valence-electron chi connectivity index (χ2n) is 5.51. The first-order chi connectivity index (χ1) is 12.5. The third-order valence-corrected chi connectivity index (χ3v) is 5.05. The molecule has 1 fully saturated rings. The topological polar surface area (TPSA) is 78.9 Å². The lowest BCUT2D eigenvalue weighted by Gasteiger charge is -2.14. The number of hydrogen-bond acceptors (Lipinski definition) is 7. The molecule has 26 heavy (non-hydrogen) atoms. The van der Waals surface area contributed by atoms with Gasteiger partial charge in [0.2, 0.25) is 0 Å². The molecule has 1 heterocycles. The number of thiocarbonyl (C=S) groups is 1. The molecule has 1 aliphatic heterocycles. The van der Waals surface area contributed by atoms with E-state index in [9.17, 15) is 14.7 Å². The summed E-state index contributed by atoms with van der Waals surface area (Å²) < 4.78 is 11.3. The summed E-state index contributed by atoms with van der Waals surface area (Å²) >= 11 is 6.51. The van der Waals surface area contributed by atoms with Crippen molar-refractivity contribution >= 4 is 46.3 Å². The maximum absolute atomic E-state index is 12.5. The number of carboxylic acid groups (broad SMARTS) is 1. The minimum atomic E-state index is -1.08. The van der Waals surface area contributed by atoms with E-state index >= 15 is 0 Å². The number of thioether (sulfide) groups is 1. The fourth-order valence-corrected chi connectivity index (χ4v) is 3.74. The van der Waals surface area contributed by atoms with E-state index in [0.29, 0.717) is 46.7 Å². The van der Waals surface area contributed by atoms with Crippen LogP contribution in [0.15, 0.2) is 23.1 Å². The maximum Gasteiger partial charge on any atom is 0.266 e. The average Bonchev–Trinajstić information content (AvgIpc) is 2.87. The van der Waals surface area contributed by atoms with Crippen LogP contribution < -0.4 is 14.6 Å². The Morgan fingerprint density at radius 2 is 2.12 bits per heavy atom. The van der Waals surface area contributed by atoms with Gasteiger partial charge in [0.15, 0.2) is 11.5 Å². The van der Waals surface area contributed by atoms with Crippen LogP contribution in [0.3, 0.4) is 0 Å². The minimum Gasteiger partial charge on any atom is -0.550 e. The van der Waals surface area contributed by atoms with Gasteiger partial charge in [-0.05, 0) is 50.0 Å². The lowest BCUT2D eigenvalue weighted by atomic mass is 10.2. The number of nitrogens with zero attached hydrogens (tertiary/aromatic N) is 1. The van der Waals surface area contributed by atoms with Gasteiger partial charge in [0.05, 0.1) is 18.6 Å². The van der Waals surface area contributed by atoms with Crippen molar-refractivity contribution in [2.24, 2.45) is 0 Å². The van der Waals surface area contributed by atoms with Crippen molar-refractivity contribution in [1.29, 1.82) is 0 Å². The molecule has 0 aliphatic carbocycles. The molecule has 0 unspecified atom stereocenters. The SMILES string of the molecule is CCOc1ccc(/C=C2\SC(=S)N(CCCCC(=O)[O-])C2=O)cc1OC. The summed E-state index contributed by atoms with van der Waals surface area (Å²) in [4.78, 5) is 25.0. The van der Waals surface area contributed by atoms with E-state index in [1.54, 1.807) is 25.3 Å². The molecule has 0 saturated carbocycles. The van der Waals surface area contributed by atoms with Gasteiger partial charge in [0.25, 0.3) is 5.91 Å². The van der Waals surface area contributed by atoms with Crippen LogP contribution in [0.2, 0.25) is 0 Å². The van der Waals surface area contributed by atoms with Crippen LogP contribution in [0.1, 0.15) is 31.7 Å². The summed E-state index contributed by atoms with van der Waals surface area (Å²) in [5.41, 5.74) is 0.808. The number of carbonyl (C=O) groups excluding carboxylic acids is 2. The first kappa shape index (κ1) is 20.3. The Hall–Kier alpha value is -2.06. The van der Waals surface area contributed by atoms with Gasteiger partial charge in [-0.15, -0.1) is 0 Å². The number of unbranched alkanes of at least 4 members (excludes halogenated alkanes) is 1. The van der Waals surface area contributed by atoms with Gasteiger partial charge in [-0.3, -0.25) is 9.69 Å². The molecular weight excluding hydrogens is 374 g/mol. The van der Waals surface area contributed by atoms with E-state index in [4.69, 9.17) is 21.7 Å². The third kappa shape index (κ3) is 5.22. The molecule has 1 amide bonds. The summed E-state index contributed by atoms with van der Waals surface area (Å²) in [5, 5.41) is 10.4. The van der Waals surface area contributed by atoms with Crippen LogP contribution in [0, 0.1) is 0 Å². The quantitative estimate of drug-likeness (QED) is 0.361. The highest BCUT2D eigenvalue weighted by molar-refractivity contribution is 8.26. The highest BCUT2D eigenvalue weighted by Gasteiger charge is 2.31. The standard InChI is InChI=1S/C18H21NO5S2/c1-3-24-13-8-7-12(10-14(13)23-2)11-15-17(22)19(18(25)26-15)9-5-4-6-16(20)21/h7-8,10-11H,3-6,9H2,1-2H3,(H,20,21)/p-1/b15-11-. The number of carbonyl (C=O) groups is 2. The van der Waals surface area contributed by atoms with E-state index in [1.165, 1.54) is 16.7 Å². The smallest absolute Gasteiger partial charge is 0.266 e. The fraction of sp³-hybridized carbons (Fsp3) is 0.389. The molecule has 0 spiro atoms. The number of benzene rings is 1. The van der Waals surface area contributed by atoms with Crippen LogP contribution in [0.25, 0.3) is 6.08 Å². The fourth-order valence-electron chi connectivity index (χ4n) is 2.43. The number of rotatable bonds is 9. The Bertz CT molecular complexity index is 732. The molecule has 2 rings (SSSR count). The van der Waals surface area contributed by atoms with Crippen molar-refractivity contribution in [3.8, 4) is 11.5 Å². The lowest BCUT2D eigenvalue weighted by Crippen LogP contribution is -2.29. The van der Waals surface area contributed by atoms with Crippen molar-refractivity contribution in [3.05, 3.63) is 28.7 Å².